The summed E-state index contributed by atoms with van der Waals surface area (Å²) in [7, 11) is 1.66. The average Bonchev–Trinajstić information content (AvgIpc) is 2.86. The molecule has 1 aliphatic rings. The first kappa shape index (κ1) is 12.1. The second-order valence-electron chi connectivity index (χ2n) is 4.15. The lowest BCUT2D eigenvalue weighted by Crippen LogP contribution is -2.32. The van der Waals surface area contributed by atoms with Crippen molar-refractivity contribution in [1.82, 2.24) is 5.32 Å². The quantitative estimate of drug-likeness (QED) is 0.794. The summed E-state index contributed by atoms with van der Waals surface area (Å²) in [6, 6.07) is 9.44. The van der Waals surface area contributed by atoms with Crippen LogP contribution >= 0.6 is 0 Å². The molecule has 0 bridgehead atoms. The van der Waals surface area contributed by atoms with Gasteiger partial charge in [0.2, 0.25) is 0 Å². The molecule has 0 amide bonds. The summed E-state index contributed by atoms with van der Waals surface area (Å²) in [6.07, 6.45) is 0.800. The maximum atomic E-state index is 11.7. The molecule has 1 aliphatic heterocycles. The number of esters is 1. The number of hydrogen-bond donors (Lipinski definition) is 1. The smallest absolute Gasteiger partial charge is 0.323 e. The molecule has 1 saturated heterocycles. The molecule has 2 rings (SSSR count). The molecule has 4 nitrogen and oxygen atoms in total. The Kier molecular flexibility index (Phi) is 4.12. The van der Waals surface area contributed by atoms with Gasteiger partial charge >= 0.3 is 5.97 Å². The van der Waals surface area contributed by atoms with E-state index < -0.39 is 0 Å². The molecule has 2 unspecified atom stereocenters. The number of carbonyl (C=O) groups is 1. The summed E-state index contributed by atoms with van der Waals surface area (Å²) in [5.74, 6) is -0.201. The third-order valence-corrected chi connectivity index (χ3v) is 2.93. The van der Waals surface area contributed by atoms with E-state index in [4.69, 9.17) is 9.47 Å². The fourth-order valence-electron chi connectivity index (χ4n) is 1.89. The topological polar surface area (TPSA) is 47.6 Å². The first-order valence-electron chi connectivity index (χ1n) is 5.76. The van der Waals surface area contributed by atoms with Gasteiger partial charge in [0.05, 0.1) is 6.10 Å². The van der Waals surface area contributed by atoms with Crippen molar-refractivity contribution >= 4 is 5.97 Å². The number of benzene rings is 1. The third-order valence-electron chi connectivity index (χ3n) is 2.93. The SMILES string of the molecule is COC1CNC(C(=O)OCc2ccccc2)C1. The summed E-state index contributed by atoms with van der Waals surface area (Å²) in [6.45, 7) is 1.04. The molecular weight excluding hydrogens is 218 g/mol. The normalized spacial score (nSPS) is 23.6. The molecule has 2 atom stereocenters. The fourth-order valence-corrected chi connectivity index (χ4v) is 1.89. The zero-order valence-corrected chi connectivity index (χ0v) is 9.89. The van der Waals surface area contributed by atoms with Crippen LogP contribution in [0.4, 0.5) is 0 Å². The van der Waals surface area contributed by atoms with Crippen molar-refractivity contribution in [3.8, 4) is 0 Å². The molecule has 0 spiro atoms. The maximum absolute atomic E-state index is 11.7. The molecule has 0 aromatic heterocycles. The summed E-state index contributed by atoms with van der Waals surface area (Å²) < 4.78 is 10.4. The highest BCUT2D eigenvalue weighted by atomic mass is 16.5. The van der Waals surface area contributed by atoms with Gasteiger partial charge in [-0.3, -0.25) is 4.79 Å². The van der Waals surface area contributed by atoms with Gasteiger partial charge in [-0.2, -0.15) is 0 Å². The van der Waals surface area contributed by atoms with Gasteiger partial charge in [0.1, 0.15) is 12.6 Å². The van der Waals surface area contributed by atoms with E-state index in [1.165, 1.54) is 0 Å². The Balaban J connectivity index is 1.78. The monoisotopic (exact) mass is 235 g/mol. The predicted molar refractivity (Wildman–Crippen MR) is 63.4 cm³/mol. The molecule has 92 valence electrons. The number of hydrogen-bond acceptors (Lipinski definition) is 4. The fraction of sp³-hybridized carbons (Fsp3) is 0.462. The highest BCUT2D eigenvalue weighted by Gasteiger charge is 2.30. The Morgan fingerprint density at radius 2 is 2.18 bits per heavy atom. The van der Waals surface area contributed by atoms with Crippen molar-refractivity contribution in [2.75, 3.05) is 13.7 Å². The summed E-state index contributed by atoms with van der Waals surface area (Å²) in [5, 5.41) is 3.09. The van der Waals surface area contributed by atoms with Crippen LogP contribution in [0.5, 0.6) is 0 Å². The van der Waals surface area contributed by atoms with Gasteiger partial charge in [-0.05, 0) is 5.56 Å². The van der Waals surface area contributed by atoms with E-state index >= 15 is 0 Å². The lowest BCUT2D eigenvalue weighted by atomic mass is 10.2. The van der Waals surface area contributed by atoms with Gasteiger partial charge < -0.3 is 14.8 Å². The van der Waals surface area contributed by atoms with E-state index in [1.807, 2.05) is 30.3 Å². The van der Waals surface area contributed by atoms with E-state index in [1.54, 1.807) is 7.11 Å². The van der Waals surface area contributed by atoms with Crippen LogP contribution in [0.25, 0.3) is 0 Å². The minimum absolute atomic E-state index is 0.115. The Labute approximate surface area is 101 Å². The highest BCUT2D eigenvalue weighted by Crippen LogP contribution is 2.11. The van der Waals surface area contributed by atoms with Crippen LogP contribution in [0.15, 0.2) is 30.3 Å². The predicted octanol–water partition coefficient (Wildman–Crippen LogP) is 1.11. The lowest BCUT2D eigenvalue weighted by molar-refractivity contribution is -0.147. The second-order valence-corrected chi connectivity index (χ2v) is 4.15. The molecule has 1 aromatic rings. The number of carbonyl (C=O) groups excluding carboxylic acids is 1. The van der Waals surface area contributed by atoms with Crippen molar-refractivity contribution in [2.24, 2.45) is 0 Å². The van der Waals surface area contributed by atoms with Crippen molar-refractivity contribution in [3.05, 3.63) is 35.9 Å². The molecule has 1 aromatic carbocycles. The summed E-state index contributed by atoms with van der Waals surface area (Å²) in [4.78, 5) is 11.7. The largest absolute Gasteiger partial charge is 0.460 e. The summed E-state index contributed by atoms with van der Waals surface area (Å²) in [5.41, 5.74) is 1.00. The van der Waals surface area contributed by atoms with Crippen molar-refractivity contribution < 1.29 is 14.3 Å². The number of ether oxygens (including phenoxy) is 2. The molecule has 17 heavy (non-hydrogen) atoms. The van der Waals surface area contributed by atoms with E-state index in [9.17, 15) is 4.79 Å². The number of rotatable bonds is 4. The van der Waals surface area contributed by atoms with Gasteiger partial charge in [0, 0.05) is 20.1 Å². The van der Waals surface area contributed by atoms with Crippen LogP contribution in [-0.2, 0) is 20.9 Å². The third kappa shape index (κ3) is 3.28. The van der Waals surface area contributed by atoms with E-state index in [0.717, 1.165) is 5.56 Å². The Bertz CT molecular complexity index is 366. The molecule has 0 radical (unpaired) electrons. The molecular formula is C13H17NO3. The first-order chi connectivity index (χ1) is 8.29. The minimum Gasteiger partial charge on any atom is -0.460 e. The lowest BCUT2D eigenvalue weighted by Gasteiger charge is -2.10. The van der Waals surface area contributed by atoms with Gasteiger partial charge in [0.15, 0.2) is 0 Å². The maximum Gasteiger partial charge on any atom is 0.323 e. The number of nitrogens with one attached hydrogen (secondary N) is 1. The minimum atomic E-state index is -0.233. The van der Waals surface area contributed by atoms with Gasteiger partial charge in [-0.25, -0.2) is 0 Å². The summed E-state index contributed by atoms with van der Waals surface area (Å²) >= 11 is 0. The van der Waals surface area contributed by atoms with Crippen LogP contribution < -0.4 is 5.32 Å². The van der Waals surface area contributed by atoms with E-state index in [2.05, 4.69) is 5.32 Å². The van der Waals surface area contributed by atoms with E-state index in [0.29, 0.717) is 19.6 Å². The van der Waals surface area contributed by atoms with E-state index in [-0.39, 0.29) is 18.1 Å². The van der Waals surface area contributed by atoms with Gasteiger partial charge in [-0.1, -0.05) is 30.3 Å². The molecule has 1 N–H and O–H groups in total. The van der Waals surface area contributed by atoms with Crippen molar-refractivity contribution in [2.45, 2.75) is 25.2 Å². The van der Waals surface area contributed by atoms with Crippen molar-refractivity contribution in [1.29, 1.82) is 0 Å². The highest BCUT2D eigenvalue weighted by molar-refractivity contribution is 5.76. The molecule has 4 heteroatoms. The molecule has 1 fully saturated rings. The second kappa shape index (κ2) is 5.80. The first-order valence-corrected chi connectivity index (χ1v) is 5.76. The van der Waals surface area contributed by atoms with Crippen molar-refractivity contribution in [3.63, 3.8) is 0 Å². The molecule has 0 saturated carbocycles. The van der Waals surface area contributed by atoms with Crippen LogP contribution in [-0.4, -0.2) is 31.8 Å². The van der Waals surface area contributed by atoms with Gasteiger partial charge in [-0.15, -0.1) is 0 Å². The standard InChI is InChI=1S/C13H17NO3/c1-16-11-7-12(14-8-11)13(15)17-9-10-5-3-2-4-6-10/h2-6,11-12,14H,7-9H2,1H3. The number of methoxy groups -OCH3 is 1. The Hall–Kier alpha value is -1.39. The zero-order chi connectivity index (χ0) is 12.1. The van der Waals surface area contributed by atoms with Crippen LogP contribution in [0, 0.1) is 0 Å². The Morgan fingerprint density at radius 1 is 1.41 bits per heavy atom. The van der Waals surface area contributed by atoms with Crippen LogP contribution in [0.1, 0.15) is 12.0 Å². The van der Waals surface area contributed by atoms with Crippen LogP contribution in [0.2, 0.25) is 0 Å². The average molecular weight is 235 g/mol. The van der Waals surface area contributed by atoms with Gasteiger partial charge in [0.25, 0.3) is 0 Å². The van der Waals surface area contributed by atoms with Crippen LogP contribution in [0.3, 0.4) is 0 Å². The Morgan fingerprint density at radius 3 is 2.82 bits per heavy atom. The molecule has 0 aliphatic carbocycles. The molecule has 1 heterocycles. The zero-order valence-electron chi connectivity index (χ0n) is 9.89.